The summed E-state index contributed by atoms with van der Waals surface area (Å²) in [4.78, 5) is 13.7. The zero-order valence-corrected chi connectivity index (χ0v) is 13.1. The summed E-state index contributed by atoms with van der Waals surface area (Å²) >= 11 is 3.33. The van der Waals surface area contributed by atoms with E-state index >= 15 is 0 Å². The van der Waals surface area contributed by atoms with Gasteiger partial charge in [-0.05, 0) is 30.3 Å². The molecule has 0 unspecified atom stereocenters. The highest BCUT2D eigenvalue weighted by atomic mass is 79.9. The number of nitrogens with zero attached hydrogens (tertiary/aromatic N) is 1. The molecule has 0 aliphatic carbocycles. The minimum atomic E-state index is -0.404. The van der Waals surface area contributed by atoms with Crippen molar-refractivity contribution in [1.82, 2.24) is 4.90 Å². The number of hydrogen-bond donors (Lipinski definition) is 0. The standard InChI is InChI=1S/C16H15BrFNO2/c1-19(16(20)12-5-4-6-13(17)11-12)9-10-21-15-8-3-2-7-14(15)18/h2-8,11H,9-10H2,1H3. The van der Waals surface area contributed by atoms with Gasteiger partial charge in [-0.25, -0.2) is 4.39 Å². The monoisotopic (exact) mass is 351 g/mol. The van der Waals surface area contributed by atoms with Crippen LogP contribution in [0.1, 0.15) is 10.4 Å². The maximum Gasteiger partial charge on any atom is 0.253 e. The van der Waals surface area contributed by atoms with Gasteiger partial charge in [0.2, 0.25) is 0 Å². The van der Waals surface area contributed by atoms with Crippen LogP contribution >= 0.6 is 15.9 Å². The number of amides is 1. The lowest BCUT2D eigenvalue weighted by Gasteiger charge is -2.17. The van der Waals surface area contributed by atoms with Crippen LogP contribution in [0.4, 0.5) is 4.39 Å². The number of halogens is 2. The van der Waals surface area contributed by atoms with Crippen LogP contribution in [0.5, 0.6) is 5.75 Å². The number of carbonyl (C=O) groups excluding carboxylic acids is 1. The van der Waals surface area contributed by atoms with Crippen molar-refractivity contribution in [2.45, 2.75) is 0 Å². The smallest absolute Gasteiger partial charge is 0.253 e. The molecule has 21 heavy (non-hydrogen) atoms. The highest BCUT2D eigenvalue weighted by Gasteiger charge is 2.12. The van der Waals surface area contributed by atoms with E-state index in [1.807, 2.05) is 6.07 Å². The van der Waals surface area contributed by atoms with Crippen molar-refractivity contribution < 1.29 is 13.9 Å². The molecule has 0 aliphatic heterocycles. The summed E-state index contributed by atoms with van der Waals surface area (Å²) < 4.78 is 19.6. The van der Waals surface area contributed by atoms with Crippen molar-refractivity contribution in [3.8, 4) is 5.75 Å². The fourth-order valence-corrected chi connectivity index (χ4v) is 2.20. The molecule has 110 valence electrons. The second kappa shape index (κ2) is 7.22. The van der Waals surface area contributed by atoms with Crippen molar-refractivity contribution in [3.05, 3.63) is 64.4 Å². The van der Waals surface area contributed by atoms with Crippen LogP contribution in [-0.2, 0) is 0 Å². The molecule has 0 saturated heterocycles. The average molecular weight is 352 g/mol. The molecule has 2 aromatic carbocycles. The zero-order chi connectivity index (χ0) is 15.2. The number of rotatable bonds is 5. The normalized spacial score (nSPS) is 10.2. The molecule has 0 fully saturated rings. The summed E-state index contributed by atoms with van der Waals surface area (Å²) in [6, 6.07) is 13.4. The lowest BCUT2D eigenvalue weighted by molar-refractivity contribution is 0.0773. The van der Waals surface area contributed by atoms with E-state index < -0.39 is 5.82 Å². The minimum absolute atomic E-state index is 0.103. The lowest BCUT2D eigenvalue weighted by Crippen LogP contribution is -2.30. The van der Waals surface area contributed by atoms with Crippen LogP contribution in [0.3, 0.4) is 0 Å². The number of likely N-dealkylation sites (N-methyl/N-ethyl adjacent to an activating group) is 1. The van der Waals surface area contributed by atoms with Crippen molar-refractivity contribution in [3.63, 3.8) is 0 Å². The van der Waals surface area contributed by atoms with Crippen LogP contribution in [0, 0.1) is 5.82 Å². The topological polar surface area (TPSA) is 29.5 Å². The molecule has 0 saturated carbocycles. The summed E-state index contributed by atoms with van der Waals surface area (Å²) in [5, 5.41) is 0. The summed E-state index contributed by atoms with van der Waals surface area (Å²) in [7, 11) is 1.69. The number of benzene rings is 2. The Morgan fingerprint density at radius 2 is 2.00 bits per heavy atom. The Morgan fingerprint density at radius 3 is 2.71 bits per heavy atom. The molecule has 3 nitrogen and oxygen atoms in total. The average Bonchev–Trinajstić information content (AvgIpc) is 2.48. The van der Waals surface area contributed by atoms with Gasteiger partial charge in [0.15, 0.2) is 11.6 Å². The van der Waals surface area contributed by atoms with E-state index in [-0.39, 0.29) is 18.3 Å². The summed E-state index contributed by atoms with van der Waals surface area (Å²) in [6.07, 6.45) is 0. The highest BCUT2D eigenvalue weighted by Crippen LogP contribution is 2.16. The number of hydrogen-bond acceptors (Lipinski definition) is 2. The van der Waals surface area contributed by atoms with Crippen LogP contribution < -0.4 is 4.74 Å². The van der Waals surface area contributed by atoms with Crippen LogP contribution in [-0.4, -0.2) is 31.0 Å². The van der Waals surface area contributed by atoms with E-state index in [9.17, 15) is 9.18 Å². The summed E-state index contributed by atoms with van der Waals surface area (Å²) in [5.41, 5.74) is 0.595. The molecule has 0 aliphatic rings. The van der Waals surface area contributed by atoms with Crippen molar-refractivity contribution in [2.24, 2.45) is 0 Å². The van der Waals surface area contributed by atoms with Gasteiger partial charge in [0.1, 0.15) is 6.61 Å². The molecule has 0 aromatic heterocycles. The quantitative estimate of drug-likeness (QED) is 0.821. The molecule has 0 bridgehead atoms. The SMILES string of the molecule is CN(CCOc1ccccc1F)C(=O)c1cccc(Br)c1. The second-order valence-electron chi connectivity index (χ2n) is 4.52. The summed E-state index contributed by atoms with van der Waals surface area (Å²) in [6.45, 7) is 0.608. The second-order valence-corrected chi connectivity index (χ2v) is 5.43. The predicted molar refractivity (Wildman–Crippen MR) is 83.0 cm³/mol. The predicted octanol–water partition coefficient (Wildman–Crippen LogP) is 3.74. The third kappa shape index (κ3) is 4.29. The van der Waals surface area contributed by atoms with Crippen LogP contribution in [0.25, 0.3) is 0 Å². The van der Waals surface area contributed by atoms with Gasteiger partial charge in [-0.1, -0.05) is 34.1 Å². The lowest BCUT2D eigenvalue weighted by atomic mass is 10.2. The Labute approximate surface area is 131 Å². The Balaban J connectivity index is 1.89. The van der Waals surface area contributed by atoms with E-state index in [4.69, 9.17) is 4.74 Å². The minimum Gasteiger partial charge on any atom is -0.489 e. The number of carbonyl (C=O) groups is 1. The van der Waals surface area contributed by atoms with E-state index in [1.54, 1.807) is 48.3 Å². The molecular weight excluding hydrogens is 337 g/mol. The van der Waals surface area contributed by atoms with Gasteiger partial charge in [0.25, 0.3) is 5.91 Å². The Kier molecular flexibility index (Phi) is 5.33. The first-order chi connectivity index (χ1) is 10.1. The maximum atomic E-state index is 13.4. The molecule has 0 radical (unpaired) electrons. The first-order valence-corrected chi connectivity index (χ1v) is 7.25. The Morgan fingerprint density at radius 1 is 1.24 bits per heavy atom. The van der Waals surface area contributed by atoms with Gasteiger partial charge in [-0.3, -0.25) is 4.79 Å². The van der Waals surface area contributed by atoms with Gasteiger partial charge in [-0.2, -0.15) is 0 Å². The number of para-hydroxylation sites is 1. The van der Waals surface area contributed by atoms with Gasteiger partial charge >= 0.3 is 0 Å². The van der Waals surface area contributed by atoms with Crippen LogP contribution in [0.15, 0.2) is 53.0 Å². The molecular formula is C16H15BrFNO2. The number of ether oxygens (including phenoxy) is 1. The zero-order valence-electron chi connectivity index (χ0n) is 11.6. The molecule has 2 aromatic rings. The maximum absolute atomic E-state index is 13.4. The third-order valence-corrected chi connectivity index (χ3v) is 3.43. The fraction of sp³-hybridized carbons (Fsp3) is 0.188. The molecule has 0 heterocycles. The third-order valence-electron chi connectivity index (χ3n) is 2.94. The molecule has 0 N–H and O–H groups in total. The molecule has 1 amide bonds. The van der Waals surface area contributed by atoms with Crippen molar-refractivity contribution in [2.75, 3.05) is 20.2 Å². The van der Waals surface area contributed by atoms with Gasteiger partial charge < -0.3 is 9.64 Å². The van der Waals surface area contributed by atoms with E-state index in [1.165, 1.54) is 6.07 Å². The summed E-state index contributed by atoms with van der Waals surface area (Å²) in [5.74, 6) is -0.312. The largest absolute Gasteiger partial charge is 0.489 e. The highest BCUT2D eigenvalue weighted by molar-refractivity contribution is 9.10. The van der Waals surface area contributed by atoms with Crippen molar-refractivity contribution >= 4 is 21.8 Å². The van der Waals surface area contributed by atoms with E-state index in [0.717, 1.165) is 4.47 Å². The van der Waals surface area contributed by atoms with Gasteiger partial charge in [0.05, 0.1) is 6.54 Å². The van der Waals surface area contributed by atoms with E-state index in [0.29, 0.717) is 12.1 Å². The molecule has 2 rings (SSSR count). The first kappa shape index (κ1) is 15.5. The Hall–Kier alpha value is -1.88. The van der Waals surface area contributed by atoms with E-state index in [2.05, 4.69) is 15.9 Å². The van der Waals surface area contributed by atoms with Gasteiger partial charge in [0, 0.05) is 17.1 Å². The first-order valence-electron chi connectivity index (χ1n) is 6.46. The Bertz CT molecular complexity index is 633. The van der Waals surface area contributed by atoms with Crippen LogP contribution in [0.2, 0.25) is 0 Å². The van der Waals surface area contributed by atoms with Gasteiger partial charge in [-0.15, -0.1) is 0 Å². The molecule has 0 atom stereocenters. The fourth-order valence-electron chi connectivity index (χ4n) is 1.80. The molecule has 5 heteroatoms. The van der Waals surface area contributed by atoms with Crippen molar-refractivity contribution in [1.29, 1.82) is 0 Å². The molecule has 0 spiro atoms.